The second kappa shape index (κ2) is 5.94. The van der Waals surface area contributed by atoms with Crippen molar-refractivity contribution in [3.05, 3.63) is 0 Å². The number of carbonyl (C=O) groups is 2. The van der Waals surface area contributed by atoms with Gasteiger partial charge in [-0.25, -0.2) is 9.59 Å². The Kier molecular flexibility index (Phi) is 11.7. The van der Waals surface area contributed by atoms with Gasteiger partial charge in [-0.15, -0.1) is 0 Å². The van der Waals surface area contributed by atoms with E-state index in [1.807, 2.05) is 0 Å². The lowest BCUT2D eigenvalue weighted by Gasteiger charge is -1.72. The summed E-state index contributed by atoms with van der Waals surface area (Å²) < 4.78 is 0. The first-order chi connectivity index (χ1) is 2.64. The van der Waals surface area contributed by atoms with Crippen molar-refractivity contribution in [2.75, 3.05) is 0 Å². The molecule has 0 rings (SSSR count). The second-order valence-electron chi connectivity index (χ2n) is 0.610. The minimum absolute atomic E-state index is 0. The number of hydrogen-bond donors (Lipinski definition) is 2. The highest BCUT2D eigenvalue weighted by atomic mass is 16.4. The molecule has 0 atom stereocenters. The van der Waals surface area contributed by atoms with Crippen molar-refractivity contribution in [2.45, 2.75) is 14.9 Å². The number of carboxylic acid groups (broad SMARTS) is 2. The molecular formula is C4H10O4. The zero-order valence-electron chi connectivity index (χ0n) is 2.71. The molecule has 0 aromatic carbocycles. The molecule has 0 fully saturated rings. The van der Waals surface area contributed by atoms with Crippen LogP contribution < -0.4 is 0 Å². The molecule has 4 heteroatoms. The first-order valence-electron chi connectivity index (χ1n) is 1.11. The number of aliphatic carboxylic acids is 2. The van der Waals surface area contributed by atoms with Gasteiger partial charge < -0.3 is 10.2 Å². The smallest absolute Gasteiger partial charge is 0.414 e. The largest absolute Gasteiger partial charge is 0.473 e. The molecule has 0 bridgehead atoms. The summed E-state index contributed by atoms with van der Waals surface area (Å²) in [6, 6.07) is 0. The van der Waals surface area contributed by atoms with Crippen LogP contribution >= 0.6 is 0 Å². The lowest BCUT2D eigenvalue weighted by molar-refractivity contribution is -0.159. The van der Waals surface area contributed by atoms with Gasteiger partial charge in [-0.2, -0.15) is 0 Å². The Hall–Kier alpha value is -1.06. The highest BCUT2D eigenvalue weighted by Gasteiger charge is 2.04. The third kappa shape index (κ3) is 8.87. The summed E-state index contributed by atoms with van der Waals surface area (Å²) in [5.74, 6) is -3.65. The van der Waals surface area contributed by atoms with E-state index in [4.69, 9.17) is 19.8 Å². The molecule has 0 radical (unpaired) electrons. The van der Waals surface area contributed by atoms with Crippen LogP contribution in [0.15, 0.2) is 0 Å². The molecule has 2 N–H and O–H groups in total. The molecule has 0 aliphatic carbocycles. The Morgan fingerprint density at radius 3 is 1.00 bits per heavy atom. The van der Waals surface area contributed by atoms with E-state index >= 15 is 0 Å². The molecule has 8 heavy (non-hydrogen) atoms. The molecule has 0 spiro atoms. The molecule has 0 saturated carbocycles. The fourth-order valence-electron chi connectivity index (χ4n) is 0. The van der Waals surface area contributed by atoms with E-state index in [1.54, 1.807) is 0 Å². The van der Waals surface area contributed by atoms with Gasteiger partial charge in [0.15, 0.2) is 0 Å². The number of rotatable bonds is 0. The maximum absolute atomic E-state index is 9.10. The fourth-order valence-corrected chi connectivity index (χ4v) is 0. The number of hydrogen-bond acceptors (Lipinski definition) is 2. The van der Waals surface area contributed by atoms with Gasteiger partial charge in [0.1, 0.15) is 0 Å². The summed E-state index contributed by atoms with van der Waals surface area (Å²) in [6.07, 6.45) is 0. The van der Waals surface area contributed by atoms with E-state index < -0.39 is 11.9 Å². The average molecular weight is 122 g/mol. The molecule has 4 nitrogen and oxygen atoms in total. The Morgan fingerprint density at radius 2 is 1.00 bits per heavy atom. The van der Waals surface area contributed by atoms with Gasteiger partial charge in [-0.1, -0.05) is 14.9 Å². The fraction of sp³-hybridized carbons (Fsp3) is 0.500. The average Bonchev–Trinajstić information content (AvgIpc) is 1.36. The Bertz CT molecular complexity index is 74.0. The Labute approximate surface area is 47.8 Å². The Morgan fingerprint density at radius 1 is 0.875 bits per heavy atom. The van der Waals surface area contributed by atoms with E-state index in [-0.39, 0.29) is 14.9 Å². The second-order valence-corrected chi connectivity index (χ2v) is 0.610. The van der Waals surface area contributed by atoms with Gasteiger partial charge in [0.05, 0.1) is 0 Å². The summed E-state index contributed by atoms with van der Waals surface area (Å²) in [4.78, 5) is 18.2. The van der Waals surface area contributed by atoms with E-state index in [1.165, 1.54) is 0 Å². The van der Waals surface area contributed by atoms with Crippen molar-refractivity contribution in [3.63, 3.8) is 0 Å². The maximum Gasteiger partial charge on any atom is 0.414 e. The van der Waals surface area contributed by atoms with Crippen LogP contribution in [0.3, 0.4) is 0 Å². The lowest BCUT2D eigenvalue weighted by Crippen LogP contribution is -2.09. The van der Waals surface area contributed by atoms with Crippen LogP contribution in [-0.2, 0) is 9.59 Å². The first kappa shape index (κ1) is 15.8. The van der Waals surface area contributed by atoms with Gasteiger partial charge in [-0.05, 0) is 0 Å². The van der Waals surface area contributed by atoms with Gasteiger partial charge in [0.25, 0.3) is 0 Å². The quantitative estimate of drug-likeness (QED) is 0.457. The zero-order valence-corrected chi connectivity index (χ0v) is 2.71. The van der Waals surface area contributed by atoms with E-state index in [9.17, 15) is 0 Å². The van der Waals surface area contributed by atoms with Gasteiger partial charge in [-0.3, -0.25) is 0 Å². The van der Waals surface area contributed by atoms with Crippen molar-refractivity contribution in [1.82, 2.24) is 0 Å². The van der Waals surface area contributed by atoms with Gasteiger partial charge in [0.2, 0.25) is 0 Å². The zero-order chi connectivity index (χ0) is 5.15. The summed E-state index contributed by atoms with van der Waals surface area (Å²) >= 11 is 0. The normalized spacial score (nSPS) is 5.50. The van der Waals surface area contributed by atoms with Crippen LogP contribution in [0.4, 0.5) is 0 Å². The minimum atomic E-state index is -1.82. The molecule has 0 aromatic rings. The highest BCUT2D eigenvalue weighted by Crippen LogP contribution is 1.56. The topological polar surface area (TPSA) is 74.6 Å². The molecule has 0 heterocycles. The lowest BCUT2D eigenvalue weighted by atomic mass is 10.7. The van der Waals surface area contributed by atoms with Gasteiger partial charge >= 0.3 is 11.9 Å². The van der Waals surface area contributed by atoms with Crippen molar-refractivity contribution in [3.8, 4) is 0 Å². The maximum atomic E-state index is 9.10. The standard InChI is InChI=1S/C2H2O4.2CH4/c3-1(4)2(5)6;;/h(H,3,4)(H,5,6);2*1H4. The highest BCUT2D eigenvalue weighted by molar-refractivity contribution is 6.27. The van der Waals surface area contributed by atoms with E-state index in [0.29, 0.717) is 0 Å². The van der Waals surface area contributed by atoms with Crippen molar-refractivity contribution >= 4 is 11.9 Å². The van der Waals surface area contributed by atoms with Crippen molar-refractivity contribution in [1.29, 1.82) is 0 Å². The predicted octanol–water partition coefficient (Wildman–Crippen LogP) is 0.428. The van der Waals surface area contributed by atoms with Crippen LogP contribution in [0, 0.1) is 0 Å². The summed E-state index contributed by atoms with van der Waals surface area (Å²) in [6.45, 7) is 0. The molecular weight excluding hydrogens is 112 g/mol. The minimum Gasteiger partial charge on any atom is -0.473 e. The molecule has 0 amide bonds. The summed E-state index contributed by atoms with van der Waals surface area (Å²) in [5, 5.41) is 14.8. The third-order valence-electron chi connectivity index (χ3n) is 0.183. The van der Waals surface area contributed by atoms with E-state index in [2.05, 4.69) is 0 Å². The van der Waals surface area contributed by atoms with E-state index in [0.717, 1.165) is 0 Å². The molecule has 0 aromatic heterocycles. The van der Waals surface area contributed by atoms with Crippen molar-refractivity contribution in [2.24, 2.45) is 0 Å². The van der Waals surface area contributed by atoms with Crippen LogP contribution in [0.2, 0.25) is 0 Å². The summed E-state index contributed by atoms with van der Waals surface area (Å²) in [5.41, 5.74) is 0. The van der Waals surface area contributed by atoms with Crippen LogP contribution in [0.1, 0.15) is 14.9 Å². The number of carboxylic acids is 2. The van der Waals surface area contributed by atoms with Gasteiger partial charge in [0, 0.05) is 0 Å². The Balaban J connectivity index is -0.000000125. The molecule has 0 unspecified atom stereocenters. The van der Waals surface area contributed by atoms with Crippen LogP contribution in [0.5, 0.6) is 0 Å². The van der Waals surface area contributed by atoms with Crippen LogP contribution in [0.25, 0.3) is 0 Å². The predicted molar refractivity (Wildman–Crippen MR) is 28.7 cm³/mol. The molecule has 50 valence electrons. The molecule has 0 aliphatic heterocycles. The monoisotopic (exact) mass is 122 g/mol. The third-order valence-corrected chi connectivity index (χ3v) is 0.183. The van der Waals surface area contributed by atoms with Crippen molar-refractivity contribution < 1.29 is 19.8 Å². The summed E-state index contributed by atoms with van der Waals surface area (Å²) in [7, 11) is 0. The molecule has 0 aliphatic rings. The first-order valence-corrected chi connectivity index (χ1v) is 1.11. The molecule has 0 saturated heterocycles. The van der Waals surface area contributed by atoms with Crippen LogP contribution in [-0.4, -0.2) is 22.2 Å². The SMILES string of the molecule is C.C.O=C(O)C(=O)O.